The van der Waals surface area contributed by atoms with Crippen LogP contribution in [0.15, 0.2) is 90.9 Å². The smallest absolute Gasteiger partial charge is 0.237 e. The zero-order chi connectivity index (χ0) is 24.7. The number of carbonyl (C=O) groups excluding carboxylic acids is 1. The molecule has 1 aliphatic heterocycles. The Morgan fingerprint density at radius 1 is 1.19 bits per heavy atom. The first-order chi connectivity index (χ1) is 17.7. The van der Waals surface area contributed by atoms with Crippen LogP contribution in [0.25, 0.3) is 11.0 Å². The zero-order valence-electron chi connectivity index (χ0n) is 20.0. The third-order valence-electron chi connectivity index (χ3n) is 6.21. The average Bonchev–Trinajstić information content (AvgIpc) is 3.50. The van der Waals surface area contributed by atoms with Gasteiger partial charge in [-0.2, -0.15) is 0 Å². The number of H-pyrrole nitrogens is 1. The van der Waals surface area contributed by atoms with Crippen LogP contribution in [-0.2, 0) is 17.9 Å². The van der Waals surface area contributed by atoms with Crippen molar-refractivity contribution in [1.29, 1.82) is 0 Å². The number of nitrogens with zero attached hydrogens (tertiary/aromatic N) is 3. The van der Waals surface area contributed by atoms with Crippen LogP contribution in [0.3, 0.4) is 0 Å². The van der Waals surface area contributed by atoms with Gasteiger partial charge in [0, 0.05) is 42.8 Å². The van der Waals surface area contributed by atoms with Gasteiger partial charge in [0.15, 0.2) is 5.16 Å². The maximum absolute atomic E-state index is 13.4. The highest BCUT2D eigenvalue weighted by atomic mass is 32.2. The first-order valence-corrected chi connectivity index (χ1v) is 12.9. The lowest BCUT2D eigenvalue weighted by atomic mass is 10.1. The summed E-state index contributed by atoms with van der Waals surface area (Å²) >= 11 is 1.70. The molecule has 1 aliphatic rings. The Labute approximate surface area is 215 Å². The van der Waals surface area contributed by atoms with Crippen molar-refractivity contribution in [2.24, 2.45) is 0 Å². The van der Waals surface area contributed by atoms with Crippen LogP contribution in [0.5, 0.6) is 5.75 Å². The predicted octanol–water partition coefficient (Wildman–Crippen LogP) is 4.57. The number of aromatic amines is 1. The van der Waals surface area contributed by atoms with Gasteiger partial charge in [-0.3, -0.25) is 14.7 Å². The van der Waals surface area contributed by atoms with Crippen LogP contribution < -0.4 is 10.1 Å². The van der Waals surface area contributed by atoms with E-state index in [4.69, 9.17) is 9.72 Å². The van der Waals surface area contributed by atoms with Crippen LogP contribution in [0.2, 0.25) is 0 Å². The fourth-order valence-electron chi connectivity index (χ4n) is 4.49. The van der Waals surface area contributed by atoms with Crippen molar-refractivity contribution >= 4 is 28.7 Å². The maximum atomic E-state index is 13.4. The molecule has 2 aromatic carbocycles. The number of amides is 1. The summed E-state index contributed by atoms with van der Waals surface area (Å²) in [5.41, 5.74) is 4.01. The third-order valence-corrected chi connectivity index (χ3v) is 7.30. The van der Waals surface area contributed by atoms with Gasteiger partial charge in [0.2, 0.25) is 5.91 Å². The second-order valence-electron chi connectivity index (χ2n) is 8.77. The van der Waals surface area contributed by atoms with Crippen molar-refractivity contribution in [2.75, 3.05) is 13.2 Å². The molecule has 1 saturated heterocycles. The Morgan fingerprint density at radius 2 is 2.06 bits per heavy atom. The highest BCUT2D eigenvalue weighted by molar-refractivity contribution is 7.99. The molecule has 0 unspecified atom stereocenters. The summed E-state index contributed by atoms with van der Waals surface area (Å²) in [6.07, 6.45) is 5.98. The molecule has 2 aromatic heterocycles. The molecule has 0 aliphatic carbocycles. The van der Waals surface area contributed by atoms with E-state index in [1.54, 1.807) is 30.2 Å². The van der Waals surface area contributed by atoms with Gasteiger partial charge in [-0.05, 0) is 36.2 Å². The van der Waals surface area contributed by atoms with Crippen molar-refractivity contribution in [1.82, 2.24) is 25.2 Å². The topological polar surface area (TPSA) is 83.1 Å². The summed E-state index contributed by atoms with van der Waals surface area (Å²) in [4.78, 5) is 27.9. The Balaban J connectivity index is 1.33. The number of pyridine rings is 1. The van der Waals surface area contributed by atoms with Gasteiger partial charge >= 0.3 is 0 Å². The molecule has 5 rings (SSSR count). The van der Waals surface area contributed by atoms with E-state index in [2.05, 4.69) is 32.8 Å². The van der Waals surface area contributed by atoms with Gasteiger partial charge in [-0.1, -0.05) is 60.8 Å². The number of fused-ring (bicyclic) bond motifs is 1. The summed E-state index contributed by atoms with van der Waals surface area (Å²) in [7, 11) is 0. The second kappa shape index (κ2) is 11.4. The Kier molecular flexibility index (Phi) is 7.64. The quantitative estimate of drug-likeness (QED) is 0.311. The van der Waals surface area contributed by atoms with E-state index in [0.717, 1.165) is 46.0 Å². The summed E-state index contributed by atoms with van der Waals surface area (Å²) < 4.78 is 5.88. The van der Waals surface area contributed by atoms with E-state index in [0.29, 0.717) is 19.7 Å². The molecule has 2 atom stereocenters. The number of ether oxygens (including phenoxy) is 1. The first kappa shape index (κ1) is 24.1. The minimum absolute atomic E-state index is 0.0241. The van der Waals surface area contributed by atoms with E-state index in [1.165, 1.54) is 0 Å². The molecular weight excluding hydrogens is 470 g/mol. The number of thioether (sulfide) groups is 1. The number of hydrogen-bond donors (Lipinski definition) is 2. The number of hydrogen-bond acceptors (Lipinski definition) is 6. The number of nitrogens with one attached hydrogen (secondary N) is 2. The van der Waals surface area contributed by atoms with Gasteiger partial charge in [0.25, 0.3) is 0 Å². The molecule has 1 amide bonds. The number of likely N-dealkylation sites (tertiary alicyclic amines) is 1. The summed E-state index contributed by atoms with van der Waals surface area (Å²) in [5, 5.41) is 4.22. The number of rotatable bonds is 10. The summed E-state index contributed by atoms with van der Waals surface area (Å²) in [6, 6.07) is 19.6. The third kappa shape index (κ3) is 5.78. The van der Waals surface area contributed by atoms with Gasteiger partial charge in [-0.15, -0.1) is 0 Å². The number of para-hydroxylation sites is 3. The van der Waals surface area contributed by atoms with Gasteiger partial charge in [-0.25, -0.2) is 4.98 Å². The van der Waals surface area contributed by atoms with Crippen LogP contribution in [0.4, 0.5) is 0 Å². The lowest BCUT2D eigenvalue weighted by Gasteiger charge is -2.24. The zero-order valence-corrected chi connectivity index (χ0v) is 20.8. The molecule has 0 bridgehead atoms. The number of imidazole rings is 1. The van der Waals surface area contributed by atoms with Crippen molar-refractivity contribution in [3.05, 3.63) is 96.8 Å². The van der Waals surface area contributed by atoms with Gasteiger partial charge < -0.3 is 15.0 Å². The molecule has 0 saturated carbocycles. The minimum Gasteiger partial charge on any atom is -0.489 e. The van der Waals surface area contributed by atoms with Crippen molar-refractivity contribution in [2.45, 2.75) is 36.0 Å². The molecular formula is C28H29N5O2S. The van der Waals surface area contributed by atoms with Gasteiger partial charge in [0.05, 0.1) is 17.1 Å². The van der Waals surface area contributed by atoms with Crippen LogP contribution in [0.1, 0.15) is 17.5 Å². The van der Waals surface area contributed by atoms with Crippen LogP contribution >= 0.6 is 11.8 Å². The summed E-state index contributed by atoms with van der Waals surface area (Å²) in [6.45, 7) is 6.03. The molecule has 1 fully saturated rings. The van der Waals surface area contributed by atoms with E-state index < -0.39 is 0 Å². The number of carbonyl (C=O) groups is 1. The van der Waals surface area contributed by atoms with Crippen molar-refractivity contribution < 1.29 is 9.53 Å². The molecule has 7 nitrogen and oxygen atoms in total. The number of benzene rings is 2. The monoisotopic (exact) mass is 499 g/mol. The SMILES string of the molecule is C=CCOc1ccccc1CN1C[C@H](Sc2nc3ccccc3[nH]2)C[C@H]1C(=O)NCc1cccnc1. The molecule has 8 heteroatoms. The Hall–Kier alpha value is -3.62. The lowest BCUT2D eigenvalue weighted by molar-refractivity contribution is -0.125. The Bertz CT molecular complexity index is 1290. The highest BCUT2D eigenvalue weighted by Crippen LogP contribution is 2.34. The molecule has 0 spiro atoms. The fourth-order valence-corrected chi connectivity index (χ4v) is 5.67. The van der Waals surface area contributed by atoms with Crippen molar-refractivity contribution in [3.63, 3.8) is 0 Å². The first-order valence-electron chi connectivity index (χ1n) is 12.0. The van der Waals surface area contributed by atoms with E-state index >= 15 is 0 Å². The van der Waals surface area contributed by atoms with E-state index in [-0.39, 0.29) is 17.2 Å². The molecule has 0 radical (unpaired) electrons. The van der Waals surface area contributed by atoms with E-state index in [9.17, 15) is 4.79 Å². The second-order valence-corrected chi connectivity index (χ2v) is 10.1. The standard InChI is InChI=1S/C28H29N5O2S/c1-2-14-35-26-12-6-3-9-21(26)18-33-19-22(36-28-31-23-10-4-5-11-24(23)32-28)15-25(33)27(34)30-17-20-8-7-13-29-16-20/h2-13,16,22,25H,1,14-15,17-19H2,(H,30,34)(H,31,32)/t22-,25+/m1/s1. The van der Waals surface area contributed by atoms with Crippen LogP contribution in [-0.4, -0.2) is 50.2 Å². The molecule has 3 heterocycles. The molecule has 184 valence electrons. The van der Waals surface area contributed by atoms with Crippen molar-refractivity contribution in [3.8, 4) is 5.75 Å². The number of aromatic nitrogens is 3. The minimum atomic E-state index is -0.254. The molecule has 2 N–H and O–H groups in total. The molecule has 4 aromatic rings. The fraction of sp³-hybridized carbons (Fsp3) is 0.250. The van der Waals surface area contributed by atoms with Crippen LogP contribution in [0, 0.1) is 0 Å². The molecule has 36 heavy (non-hydrogen) atoms. The highest BCUT2D eigenvalue weighted by Gasteiger charge is 2.38. The lowest BCUT2D eigenvalue weighted by Crippen LogP contribution is -2.42. The maximum Gasteiger partial charge on any atom is 0.237 e. The summed E-state index contributed by atoms with van der Waals surface area (Å²) in [5.74, 6) is 0.844. The predicted molar refractivity (Wildman–Crippen MR) is 143 cm³/mol. The normalized spacial score (nSPS) is 17.8. The largest absolute Gasteiger partial charge is 0.489 e. The Morgan fingerprint density at radius 3 is 2.89 bits per heavy atom. The average molecular weight is 500 g/mol. The van der Waals surface area contributed by atoms with Gasteiger partial charge in [0.1, 0.15) is 12.4 Å². The van der Waals surface area contributed by atoms with E-state index in [1.807, 2.05) is 54.6 Å².